The Balaban J connectivity index is 1.82. The van der Waals surface area contributed by atoms with E-state index in [1.54, 1.807) is 31.0 Å². The third-order valence-corrected chi connectivity index (χ3v) is 5.65. The van der Waals surface area contributed by atoms with Gasteiger partial charge in [-0.2, -0.15) is 0 Å². The summed E-state index contributed by atoms with van der Waals surface area (Å²) in [7, 11) is -1.33. The van der Waals surface area contributed by atoms with Gasteiger partial charge in [0.25, 0.3) is 5.91 Å². The smallest absolute Gasteiger partial charge is 0.289 e. The van der Waals surface area contributed by atoms with Crippen LogP contribution in [0.1, 0.15) is 17.5 Å². The zero-order valence-electron chi connectivity index (χ0n) is 14.1. The van der Waals surface area contributed by atoms with Crippen molar-refractivity contribution in [3.8, 4) is 0 Å². The summed E-state index contributed by atoms with van der Waals surface area (Å²) < 4.78 is 28.2. The van der Waals surface area contributed by atoms with Crippen LogP contribution in [0.2, 0.25) is 0 Å². The standard InChI is InChI=1S/C15H24N4O4S/c1-3-24(21,22)12-6-17-15(16-2)19-9-7-18(8-10-19)14(20)13-5-4-11-23-13/h4-5,11H,3,6-10,12H2,1-2H3,(H,16,17). The second kappa shape index (κ2) is 8.18. The van der Waals surface area contributed by atoms with Crippen LogP contribution in [-0.2, 0) is 9.84 Å². The van der Waals surface area contributed by atoms with Gasteiger partial charge in [0.05, 0.1) is 12.0 Å². The highest BCUT2D eigenvalue weighted by Gasteiger charge is 2.25. The van der Waals surface area contributed by atoms with Gasteiger partial charge in [0, 0.05) is 45.5 Å². The highest BCUT2D eigenvalue weighted by atomic mass is 32.2. The fourth-order valence-corrected chi connectivity index (χ4v) is 3.17. The lowest BCUT2D eigenvalue weighted by atomic mass is 10.3. The Morgan fingerprint density at radius 1 is 1.29 bits per heavy atom. The number of hydrogen-bond donors (Lipinski definition) is 1. The molecule has 0 aromatic carbocycles. The van der Waals surface area contributed by atoms with Crippen molar-refractivity contribution in [2.45, 2.75) is 6.92 Å². The Morgan fingerprint density at radius 3 is 2.50 bits per heavy atom. The number of rotatable bonds is 5. The molecule has 134 valence electrons. The lowest BCUT2D eigenvalue weighted by molar-refractivity contribution is 0.0658. The molecule has 0 saturated carbocycles. The zero-order valence-corrected chi connectivity index (χ0v) is 14.9. The summed E-state index contributed by atoms with van der Waals surface area (Å²) in [6.07, 6.45) is 1.49. The quantitative estimate of drug-likeness (QED) is 0.592. The van der Waals surface area contributed by atoms with Gasteiger partial charge >= 0.3 is 0 Å². The van der Waals surface area contributed by atoms with Crippen LogP contribution in [0.25, 0.3) is 0 Å². The Hall–Kier alpha value is -2.03. The predicted molar refractivity (Wildman–Crippen MR) is 91.9 cm³/mol. The summed E-state index contributed by atoms with van der Waals surface area (Å²) >= 11 is 0. The molecule has 0 aliphatic carbocycles. The third-order valence-electron chi connectivity index (χ3n) is 3.95. The molecule has 1 fully saturated rings. The van der Waals surface area contributed by atoms with Gasteiger partial charge in [-0.05, 0) is 12.1 Å². The van der Waals surface area contributed by atoms with Crippen LogP contribution in [0.4, 0.5) is 0 Å². The summed E-state index contributed by atoms with van der Waals surface area (Å²) in [6, 6.07) is 3.35. The van der Waals surface area contributed by atoms with Crippen molar-refractivity contribution in [3.05, 3.63) is 24.2 Å². The lowest BCUT2D eigenvalue weighted by Crippen LogP contribution is -2.54. The van der Waals surface area contributed by atoms with Gasteiger partial charge in [-0.25, -0.2) is 8.42 Å². The number of sulfone groups is 1. The molecule has 0 atom stereocenters. The van der Waals surface area contributed by atoms with E-state index in [-0.39, 0.29) is 17.4 Å². The van der Waals surface area contributed by atoms with Crippen molar-refractivity contribution in [2.75, 3.05) is 51.3 Å². The van der Waals surface area contributed by atoms with Crippen LogP contribution in [-0.4, -0.2) is 81.4 Å². The van der Waals surface area contributed by atoms with E-state index in [1.807, 2.05) is 4.90 Å². The van der Waals surface area contributed by atoms with E-state index >= 15 is 0 Å². The molecule has 1 aromatic rings. The highest BCUT2D eigenvalue weighted by molar-refractivity contribution is 7.91. The first-order valence-electron chi connectivity index (χ1n) is 7.95. The van der Waals surface area contributed by atoms with Crippen molar-refractivity contribution >= 4 is 21.7 Å². The Labute approximate surface area is 142 Å². The summed E-state index contributed by atoms with van der Waals surface area (Å²) in [6.45, 7) is 4.36. The molecule has 0 spiro atoms. The zero-order chi connectivity index (χ0) is 17.6. The van der Waals surface area contributed by atoms with Gasteiger partial charge in [-0.1, -0.05) is 6.92 Å². The molecule has 2 heterocycles. The molecule has 1 aromatic heterocycles. The normalized spacial score (nSPS) is 16.3. The average Bonchev–Trinajstić information content (AvgIpc) is 3.13. The lowest BCUT2D eigenvalue weighted by Gasteiger charge is -2.36. The maximum atomic E-state index is 12.2. The molecule has 9 heteroatoms. The van der Waals surface area contributed by atoms with E-state index in [1.165, 1.54) is 6.26 Å². The fourth-order valence-electron chi connectivity index (χ4n) is 2.47. The van der Waals surface area contributed by atoms with Crippen molar-refractivity contribution < 1.29 is 17.6 Å². The van der Waals surface area contributed by atoms with E-state index in [4.69, 9.17) is 4.42 Å². The van der Waals surface area contributed by atoms with Gasteiger partial charge in [-0.15, -0.1) is 0 Å². The van der Waals surface area contributed by atoms with Crippen LogP contribution >= 0.6 is 0 Å². The number of carbonyl (C=O) groups excluding carboxylic acids is 1. The molecule has 1 aliphatic heterocycles. The number of nitrogens with one attached hydrogen (secondary N) is 1. The molecular formula is C15H24N4O4S. The minimum absolute atomic E-state index is 0.0828. The van der Waals surface area contributed by atoms with E-state index in [0.717, 1.165) is 0 Å². The fraction of sp³-hybridized carbons (Fsp3) is 0.600. The van der Waals surface area contributed by atoms with Crippen molar-refractivity contribution in [3.63, 3.8) is 0 Å². The van der Waals surface area contributed by atoms with Gasteiger partial charge in [-0.3, -0.25) is 9.79 Å². The molecule has 0 unspecified atom stereocenters. The third kappa shape index (κ3) is 4.73. The Morgan fingerprint density at radius 2 is 1.96 bits per heavy atom. The summed E-state index contributed by atoms with van der Waals surface area (Å²) in [5.41, 5.74) is 0. The number of guanidine groups is 1. The maximum absolute atomic E-state index is 12.2. The molecule has 8 nitrogen and oxygen atoms in total. The maximum Gasteiger partial charge on any atom is 0.289 e. The van der Waals surface area contributed by atoms with Crippen molar-refractivity contribution in [1.82, 2.24) is 15.1 Å². The van der Waals surface area contributed by atoms with Crippen LogP contribution in [0, 0.1) is 0 Å². The van der Waals surface area contributed by atoms with Gasteiger partial charge < -0.3 is 19.5 Å². The second-order valence-corrected chi connectivity index (χ2v) is 7.94. The second-order valence-electron chi connectivity index (χ2n) is 5.47. The summed E-state index contributed by atoms with van der Waals surface area (Å²) in [5.74, 6) is 1.11. The number of amides is 1. The van der Waals surface area contributed by atoms with E-state index < -0.39 is 9.84 Å². The Kier molecular flexibility index (Phi) is 6.24. The molecule has 1 N–H and O–H groups in total. The minimum Gasteiger partial charge on any atom is -0.459 e. The monoisotopic (exact) mass is 356 g/mol. The number of furan rings is 1. The molecule has 1 amide bonds. The minimum atomic E-state index is -3.00. The van der Waals surface area contributed by atoms with Gasteiger partial charge in [0.15, 0.2) is 21.6 Å². The molecule has 0 radical (unpaired) electrons. The van der Waals surface area contributed by atoms with E-state index in [9.17, 15) is 13.2 Å². The SMILES string of the molecule is CCS(=O)(=O)CCNC(=NC)N1CCN(C(=O)c2ccco2)CC1. The largest absolute Gasteiger partial charge is 0.459 e. The number of nitrogens with zero attached hydrogens (tertiary/aromatic N) is 3. The Bertz CT molecular complexity index is 662. The number of hydrogen-bond acceptors (Lipinski definition) is 5. The summed E-state index contributed by atoms with van der Waals surface area (Å²) in [4.78, 5) is 20.2. The first-order chi connectivity index (χ1) is 11.5. The van der Waals surface area contributed by atoms with E-state index in [2.05, 4.69) is 10.3 Å². The van der Waals surface area contributed by atoms with Gasteiger partial charge in [0.2, 0.25) is 0 Å². The van der Waals surface area contributed by atoms with Crippen LogP contribution in [0.3, 0.4) is 0 Å². The molecule has 24 heavy (non-hydrogen) atoms. The number of piperazine rings is 1. The number of carbonyl (C=O) groups is 1. The first kappa shape index (κ1) is 18.3. The van der Waals surface area contributed by atoms with Crippen LogP contribution < -0.4 is 5.32 Å². The molecule has 0 bridgehead atoms. The first-order valence-corrected chi connectivity index (χ1v) is 9.77. The van der Waals surface area contributed by atoms with Crippen LogP contribution in [0.15, 0.2) is 27.8 Å². The highest BCUT2D eigenvalue weighted by Crippen LogP contribution is 2.09. The number of aliphatic imine (C=N–C) groups is 1. The van der Waals surface area contributed by atoms with Crippen molar-refractivity contribution in [1.29, 1.82) is 0 Å². The predicted octanol–water partition coefficient (Wildman–Crippen LogP) is 0.0475. The molecule has 2 rings (SSSR count). The topological polar surface area (TPSA) is 95.2 Å². The van der Waals surface area contributed by atoms with Crippen molar-refractivity contribution in [2.24, 2.45) is 4.99 Å². The van der Waals surface area contributed by atoms with Crippen LogP contribution in [0.5, 0.6) is 0 Å². The summed E-state index contributed by atoms with van der Waals surface area (Å²) in [5, 5.41) is 3.08. The molecule has 1 saturated heterocycles. The molecular weight excluding hydrogens is 332 g/mol. The average molecular weight is 356 g/mol. The van der Waals surface area contributed by atoms with E-state index in [0.29, 0.717) is 44.4 Å². The van der Waals surface area contributed by atoms with Gasteiger partial charge in [0.1, 0.15) is 0 Å². The molecule has 1 aliphatic rings.